The van der Waals surface area contributed by atoms with Crippen molar-refractivity contribution in [2.75, 3.05) is 13.6 Å². The van der Waals surface area contributed by atoms with Crippen molar-refractivity contribution in [2.45, 2.75) is 32.1 Å². The number of hydrogen-bond donors (Lipinski definition) is 0. The summed E-state index contributed by atoms with van der Waals surface area (Å²) in [5.74, 6) is 0.281. The molecule has 0 spiro atoms. The average molecular weight is 315 g/mol. The Balaban J connectivity index is 1.99. The Hall–Kier alpha value is -1.61. The number of allylic oxidation sites excluding steroid dienone is 1. The largest absolute Gasteiger partial charge is 0.378 e. The molecule has 3 heteroatoms. The van der Waals surface area contributed by atoms with Gasteiger partial charge in [-0.3, -0.25) is 0 Å². The fourth-order valence-electron chi connectivity index (χ4n) is 3.12. The highest BCUT2D eigenvalue weighted by atomic mass is 32.1. The van der Waals surface area contributed by atoms with Gasteiger partial charge < -0.3 is 4.90 Å². The molecule has 1 nitrogen and oxygen atoms in total. The summed E-state index contributed by atoms with van der Waals surface area (Å²) in [6.45, 7) is 7.33. The molecule has 0 aliphatic carbocycles. The monoisotopic (exact) mass is 315 g/mol. The summed E-state index contributed by atoms with van der Waals surface area (Å²) in [5, 5.41) is 2.18. The summed E-state index contributed by atoms with van der Waals surface area (Å²) < 4.78 is 13.8. The van der Waals surface area contributed by atoms with E-state index in [0.717, 1.165) is 31.4 Å². The molecule has 1 aliphatic heterocycles. The molecule has 1 unspecified atom stereocenters. The van der Waals surface area contributed by atoms with Crippen molar-refractivity contribution in [1.82, 2.24) is 4.90 Å². The zero-order chi connectivity index (χ0) is 15.7. The van der Waals surface area contributed by atoms with E-state index in [1.165, 1.54) is 21.7 Å². The molecule has 2 heterocycles. The number of rotatable bonds is 3. The Morgan fingerprint density at radius 2 is 2.18 bits per heavy atom. The Labute approximate surface area is 136 Å². The molecule has 0 amide bonds. The minimum atomic E-state index is -0.156. The van der Waals surface area contributed by atoms with Gasteiger partial charge in [-0.05, 0) is 65.4 Å². The van der Waals surface area contributed by atoms with Crippen LogP contribution >= 0.6 is 11.3 Å². The highest BCUT2D eigenvalue weighted by molar-refractivity contribution is 7.13. The van der Waals surface area contributed by atoms with Gasteiger partial charge in [0.1, 0.15) is 5.82 Å². The summed E-state index contributed by atoms with van der Waals surface area (Å²) >= 11 is 1.72. The maximum atomic E-state index is 13.8. The Kier molecular flexibility index (Phi) is 4.34. The summed E-state index contributed by atoms with van der Waals surface area (Å²) in [6, 6.07) is 7.46. The Morgan fingerprint density at radius 1 is 1.36 bits per heavy atom. The number of aryl methyl sites for hydroxylation is 1. The highest BCUT2D eigenvalue weighted by Crippen LogP contribution is 2.40. The van der Waals surface area contributed by atoms with Gasteiger partial charge >= 0.3 is 0 Å². The minimum Gasteiger partial charge on any atom is -0.378 e. The molecule has 1 aliphatic rings. The van der Waals surface area contributed by atoms with Crippen LogP contribution < -0.4 is 0 Å². The third-order valence-corrected chi connectivity index (χ3v) is 5.63. The first-order chi connectivity index (χ1) is 10.6. The second kappa shape index (κ2) is 6.25. The van der Waals surface area contributed by atoms with Gasteiger partial charge in [-0.15, -0.1) is 11.3 Å². The average Bonchev–Trinajstić information content (AvgIpc) is 2.99. The zero-order valence-electron chi connectivity index (χ0n) is 13.2. The summed E-state index contributed by atoms with van der Waals surface area (Å²) in [4.78, 5) is 3.40. The van der Waals surface area contributed by atoms with Crippen molar-refractivity contribution in [3.05, 3.63) is 58.9 Å². The van der Waals surface area contributed by atoms with E-state index in [2.05, 4.69) is 36.9 Å². The van der Waals surface area contributed by atoms with E-state index in [4.69, 9.17) is 0 Å². The smallest absolute Gasteiger partial charge is 0.123 e. The number of thiophene rings is 1. The first kappa shape index (κ1) is 15.3. The maximum absolute atomic E-state index is 13.8. The van der Waals surface area contributed by atoms with Gasteiger partial charge in [-0.1, -0.05) is 19.6 Å². The molecular formula is C19H22FNS. The van der Waals surface area contributed by atoms with E-state index in [0.29, 0.717) is 5.92 Å². The van der Waals surface area contributed by atoms with Crippen LogP contribution in [0.1, 0.15) is 36.8 Å². The standard InChI is InChI=1S/C19H22FNS/c1-4-14-10-19(22-12-14)18-11-16(20)5-6-17(18)15-7-8-21(3)13(2)9-15/h5-6,10-12,15H,2,4,7-9H2,1,3H3. The fourth-order valence-corrected chi connectivity index (χ4v) is 4.15. The van der Waals surface area contributed by atoms with E-state index in [1.807, 2.05) is 6.07 Å². The molecule has 0 saturated carbocycles. The number of hydrogen-bond acceptors (Lipinski definition) is 2. The Bertz CT molecular complexity index is 688. The molecule has 1 atom stereocenters. The van der Waals surface area contributed by atoms with Gasteiger partial charge in [0.15, 0.2) is 0 Å². The lowest BCUT2D eigenvalue weighted by Crippen LogP contribution is -2.27. The number of halogens is 1. The minimum absolute atomic E-state index is 0.156. The van der Waals surface area contributed by atoms with Crippen LogP contribution in [0.5, 0.6) is 0 Å². The van der Waals surface area contributed by atoms with Crippen molar-refractivity contribution < 1.29 is 4.39 Å². The molecule has 1 aromatic carbocycles. The predicted octanol–water partition coefficient (Wildman–Crippen LogP) is 5.44. The topological polar surface area (TPSA) is 3.24 Å². The van der Waals surface area contributed by atoms with Gasteiger partial charge in [-0.2, -0.15) is 0 Å². The molecule has 0 radical (unpaired) electrons. The number of likely N-dealkylation sites (tertiary alicyclic amines) is 1. The first-order valence-corrected chi connectivity index (χ1v) is 8.72. The van der Waals surface area contributed by atoms with Crippen molar-refractivity contribution in [2.24, 2.45) is 0 Å². The molecule has 2 aromatic rings. The van der Waals surface area contributed by atoms with Gasteiger partial charge in [0.25, 0.3) is 0 Å². The van der Waals surface area contributed by atoms with Crippen LogP contribution in [0.4, 0.5) is 4.39 Å². The summed E-state index contributed by atoms with van der Waals surface area (Å²) in [5.41, 5.74) is 4.82. The normalized spacial score (nSPS) is 18.8. The highest BCUT2D eigenvalue weighted by Gasteiger charge is 2.24. The van der Waals surface area contributed by atoms with Crippen molar-refractivity contribution in [3.63, 3.8) is 0 Å². The summed E-state index contributed by atoms with van der Waals surface area (Å²) in [6.07, 6.45) is 3.08. The van der Waals surface area contributed by atoms with Gasteiger partial charge in [0.2, 0.25) is 0 Å². The lowest BCUT2D eigenvalue weighted by atomic mass is 9.85. The number of nitrogens with zero attached hydrogens (tertiary/aromatic N) is 1. The molecule has 3 rings (SSSR count). The van der Waals surface area contributed by atoms with Gasteiger partial charge in [-0.25, -0.2) is 4.39 Å². The maximum Gasteiger partial charge on any atom is 0.123 e. The lowest BCUT2D eigenvalue weighted by Gasteiger charge is -2.33. The number of benzene rings is 1. The van der Waals surface area contributed by atoms with Crippen molar-refractivity contribution >= 4 is 11.3 Å². The third-order valence-electron chi connectivity index (χ3n) is 4.62. The van der Waals surface area contributed by atoms with Crippen LogP contribution in [0.15, 0.2) is 41.9 Å². The van der Waals surface area contributed by atoms with Crippen LogP contribution in [0.3, 0.4) is 0 Å². The summed E-state index contributed by atoms with van der Waals surface area (Å²) in [7, 11) is 2.09. The SMILES string of the molecule is C=C1CC(c2ccc(F)cc2-c2cc(CC)cs2)CCN1C. The molecule has 0 N–H and O–H groups in total. The Morgan fingerprint density at radius 3 is 2.86 bits per heavy atom. The van der Waals surface area contributed by atoms with Crippen LogP contribution in [0.2, 0.25) is 0 Å². The van der Waals surface area contributed by atoms with E-state index < -0.39 is 0 Å². The van der Waals surface area contributed by atoms with E-state index in [-0.39, 0.29) is 5.82 Å². The van der Waals surface area contributed by atoms with Crippen LogP contribution in [-0.4, -0.2) is 18.5 Å². The molecule has 22 heavy (non-hydrogen) atoms. The second-order valence-corrected chi connectivity index (χ2v) is 6.99. The molecule has 0 bridgehead atoms. The van der Waals surface area contributed by atoms with Gasteiger partial charge in [0.05, 0.1) is 0 Å². The number of piperidine rings is 1. The van der Waals surface area contributed by atoms with Crippen molar-refractivity contribution in [3.8, 4) is 10.4 Å². The van der Waals surface area contributed by atoms with Gasteiger partial charge in [0, 0.05) is 24.2 Å². The second-order valence-electron chi connectivity index (χ2n) is 6.08. The predicted molar refractivity (Wildman–Crippen MR) is 92.8 cm³/mol. The van der Waals surface area contributed by atoms with Crippen LogP contribution in [0, 0.1) is 5.82 Å². The lowest BCUT2D eigenvalue weighted by molar-refractivity contribution is 0.322. The molecular weight excluding hydrogens is 293 g/mol. The zero-order valence-corrected chi connectivity index (χ0v) is 14.0. The third kappa shape index (κ3) is 2.95. The van der Waals surface area contributed by atoms with E-state index >= 15 is 0 Å². The van der Waals surface area contributed by atoms with Crippen LogP contribution in [0.25, 0.3) is 10.4 Å². The first-order valence-electron chi connectivity index (χ1n) is 7.84. The van der Waals surface area contributed by atoms with Crippen molar-refractivity contribution in [1.29, 1.82) is 0 Å². The molecule has 1 aromatic heterocycles. The fraction of sp³-hybridized carbons (Fsp3) is 0.368. The van der Waals surface area contributed by atoms with E-state index in [9.17, 15) is 4.39 Å². The van der Waals surface area contributed by atoms with E-state index in [1.54, 1.807) is 23.5 Å². The molecule has 1 saturated heterocycles. The molecule has 1 fully saturated rings. The molecule has 116 valence electrons. The quantitative estimate of drug-likeness (QED) is 0.729. The van der Waals surface area contributed by atoms with Crippen LogP contribution in [-0.2, 0) is 6.42 Å².